The summed E-state index contributed by atoms with van der Waals surface area (Å²) in [4.78, 5) is 11.3. The minimum atomic E-state index is 0.858. The second kappa shape index (κ2) is 5.29. The number of aryl methyl sites for hydroxylation is 1. The Morgan fingerprint density at radius 1 is 1.21 bits per heavy atom. The number of rotatable bonds is 2. The van der Waals surface area contributed by atoms with Crippen LogP contribution in [-0.2, 0) is 19.4 Å². The molecule has 1 aromatic heterocycles. The van der Waals surface area contributed by atoms with E-state index in [9.17, 15) is 0 Å². The van der Waals surface area contributed by atoms with Crippen molar-refractivity contribution in [1.29, 1.82) is 0 Å². The van der Waals surface area contributed by atoms with Crippen molar-refractivity contribution >= 4 is 21.7 Å². The molecule has 0 saturated heterocycles. The number of anilines is 1. The molecule has 0 saturated carbocycles. The molecule has 0 radical (unpaired) electrons. The minimum Gasteiger partial charge on any atom is -0.352 e. The predicted molar refractivity (Wildman–Crippen MR) is 80.3 cm³/mol. The number of nitrogens with zero attached hydrogens (tertiary/aromatic N) is 3. The number of hydrogen-bond acceptors (Lipinski definition) is 3. The van der Waals surface area contributed by atoms with Gasteiger partial charge in [-0.3, -0.25) is 0 Å². The molecule has 0 aliphatic carbocycles. The molecule has 98 valence electrons. The zero-order valence-electron chi connectivity index (χ0n) is 10.9. The zero-order valence-corrected chi connectivity index (χ0v) is 12.5. The van der Waals surface area contributed by atoms with Gasteiger partial charge in [0, 0.05) is 25.6 Å². The van der Waals surface area contributed by atoms with Gasteiger partial charge in [0.25, 0.3) is 0 Å². The van der Waals surface area contributed by atoms with E-state index in [1.54, 1.807) is 0 Å². The summed E-state index contributed by atoms with van der Waals surface area (Å²) in [5.41, 5.74) is 2.86. The van der Waals surface area contributed by atoms with Crippen LogP contribution >= 0.6 is 15.9 Å². The normalized spacial score (nSPS) is 14.3. The third kappa shape index (κ3) is 2.63. The van der Waals surface area contributed by atoms with Crippen LogP contribution in [0, 0.1) is 0 Å². The Kier molecular flexibility index (Phi) is 3.51. The lowest BCUT2D eigenvalue weighted by molar-refractivity contribution is 0.713. The van der Waals surface area contributed by atoms with Crippen molar-refractivity contribution in [3.8, 4) is 0 Å². The third-order valence-corrected chi connectivity index (χ3v) is 3.90. The van der Waals surface area contributed by atoms with Gasteiger partial charge in [-0.05, 0) is 33.5 Å². The lowest BCUT2D eigenvalue weighted by Crippen LogP contribution is -2.31. The van der Waals surface area contributed by atoms with Crippen molar-refractivity contribution < 1.29 is 0 Å². The maximum Gasteiger partial charge on any atom is 0.133 e. The Morgan fingerprint density at radius 3 is 2.79 bits per heavy atom. The van der Waals surface area contributed by atoms with E-state index >= 15 is 0 Å². The zero-order chi connectivity index (χ0) is 13.2. The van der Waals surface area contributed by atoms with E-state index in [4.69, 9.17) is 0 Å². The van der Waals surface area contributed by atoms with Crippen molar-refractivity contribution in [3.05, 3.63) is 51.9 Å². The van der Waals surface area contributed by atoms with Gasteiger partial charge >= 0.3 is 0 Å². The summed E-state index contributed by atoms with van der Waals surface area (Å²) in [5.74, 6) is 1.91. The van der Waals surface area contributed by atoms with E-state index in [0.717, 1.165) is 42.2 Å². The maximum atomic E-state index is 4.63. The highest BCUT2D eigenvalue weighted by atomic mass is 79.9. The number of hydrogen-bond donors (Lipinski definition) is 0. The first-order chi connectivity index (χ1) is 9.26. The van der Waals surface area contributed by atoms with Gasteiger partial charge in [0.15, 0.2) is 0 Å². The Bertz CT molecular complexity index is 598. The fourth-order valence-electron chi connectivity index (χ4n) is 2.46. The Hall–Kier alpha value is -1.42. The van der Waals surface area contributed by atoms with E-state index in [2.05, 4.69) is 62.0 Å². The molecule has 0 amide bonds. The highest BCUT2D eigenvalue weighted by Gasteiger charge is 2.17. The molecule has 0 unspecified atom stereocenters. The first-order valence-corrected chi connectivity index (χ1v) is 7.40. The van der Waals surface area contributed by atoms with Crippen LogP contribution in [0.2, 0.25) is 0 Å². The highest BCUT2D eigenvalue weighted by Crippen LogP contribution is 2.24. The summed E-state index contributed by atoms with van der Waals surface area (Å²) >= 11 is 3.47. The van der Waals surface area contributed by atoms with Crippen molar-refractivity contribution in [2.45, 2.75) is 26.3 Å². The number of benzene rings is 1. The molecule has 1 aliphatic rings. The Balaban J connectivity index is 1.90. The average molecular weight is 318 g/mol. The summed E-state index contributed by atoms with van der Waals surface area (Å²) in [6, 6.07) is 10.7. The van der Waals surface area contributed by atoms with Gasteiger partial charge in [0.2, 0.25) is 0 Å². The molecular weight excluding hydrogens is 302 g/mol. The van der Waals surface area contributed by atoms with Crippen LogP contribution in [-0.4, -0.2) is 16.5 Å². The van der Waals surface area contributed by atoms with Crippen LogP contribution in [0.4, 0.5) is 5.82 Å². The molecule has 0 atom stereocenters. The molecule has 1 aromatic carbocycles. The molecule has 0 fully saturated rings. The SMILES string of the molecule is CCc1nc(Br)cc(N2CCc3ccccc3C2)n1. The van der Waals surface area contributed by atoms with Gasteiger partial charge < -0.3 is 4.90 Å². The van der Waals surface area contributed by atoms with Crippen molar-refractivity contribution in [1.82, 2.24) is 9.97 Å². The van der Waals surface area contributed by atoms with Crippen LogP contribution in [0.1, 0.15) is 23.9 Å². The van der Waals surface area contributed by atoms with Crippen molar-refractivity contribution in [2.75, 3.05) is 11.4 Å². The molecular formula is C15H16BrN3. The maximum absolute atomic E-state index is 4.63. The number of aromatic nitrogens is 2. The molecule has 2 aromatic rings. The summed E-state index contributed by atoms with van der Waals surface area (Å²) in [5, 5.41) is 0. The van der Waals surface area contributed by atoms with Crippen LogP contribution < -0.4 is 4.90 Å². The van der Waals surface area contributed by atoms with Gasteiger partial charge in [-0.15, -0.1) is 0 Å². The molecule has 0 bridgehead atoms. The summed E-state index contributed by atoms with van der Waals surface area (Å²) < 4.78 is 0.869. The monoisotopic (exact) mass is 317 g/mol. The molecule has 0 spiro atoms. The van der Waals surface area contributed by atoms with Crippen molar-refractivity contribution in [2.24, 2.45) is 0 Å². The molecule has 19 heavy (non-hydrogen) atoms. The Labute approximate surface area is 121 Å². The molecule has 2 heterocycles. The van der Waals surface area contributed by atoms with Gasteiger partial charge in [0.1, 0.15) is 16.2 Å². The van der Waals surface area contributed by atoms with E-state index in [-0.39, 0.29) is 0 Å². The van der Waals surface area contributed by atoms with Crippen LogP contribution in [0.15, 0.2) is 34.9 Å². The fraction of sp³-hybridized carbons (Fsp3) is 0.333. The molecule has 1 aliphatic heterocycles. The number of fused-ring (bicyclic) bond motifs is 1. The van der Waals surface area contributed by atoms with Gasteiger partial charge in [0.05, 0.1) is 0 Å². The van der Waals surface area contributed by atoms with E-state index < -0.39 is 0 Å². The highest BCUT2D eigenvalue weighted by molar-refractivity contribution is 9.10. The van der Waals surface area contributed by atoms with Gasteiger partial charge in [-0.1, -0.05) is 31.2 Å². The Morgan fingerprint density at radius 2 is 2.00 bits per heavy atom. The minimum absolute atomic E-state index is 0.858. The van der Waals surface area contributed by atoms with Gasteiger partial charge in [-0.2, -0.15) is 0 Å². The number of halogens is 1. The van der Waals surface area contributed by atoms with Crippen LogP contribution in [0.25, 0.3) is 0 Å². The first-order valence-electron chi connectivity index (χ1n) is 6.61. The molecule has 3 rings (SSSR count). The van der Waals surface area contributed by atoms with Crippen molar-refractivity contribution in [3.63, 3.8) is 0 Å². The van der Waals surface area contributed by atoms with Crippen LogP contribution in [0.3, 0.4) is 0 Å². The second-order valence-corrected chi connectivity index (χ2v) is 5.57. The standard InChI is InChI=1S/C15H16BrN3/c1-2-14-17-13(16)9-15(18-14)19-8-7-11-5-3-4-6-12(11)10-19/h3-6,9H,2,7-8,10H2,1H3. The second-order valence-electron chi connectivity index (χ2n) is 4.76. The predicted octanol–water partition coefficient (Wildman–Crippen LogP) is 3.36. The summed E-state index contributed by atoms with van der Waals surface area (Å²) in [7, 11) is 0. The molecule has 0 N–H and O–H groups in total. The topological polar surface area (TPSA) is 29.0 Å². The molecule has 4 heteroatoms. The van der Waals surface area contributed by atoms with E-state index in [1.165, 1.54) is 11.1 Å². The van der Waals surface area contributed by atoms with E-state index in [0.29, 0.717) is 0 Å². The largest absolute Gasteiger partial charge is 0.352 e. The summed E-state index contributed by atoms with van der Waals surface area (Å²) in [6.45, 7) is 4.03. The lowest BCUT2D eigenvalue weighted by Gasteiger charge is -2.30. The van der Waals surface area contributed by atoms with E-state index in [1.807, 2.05) is 6.07 Å². The molecule has 3 nitrogen and oxygen atoms in total. The lowest BCUT2D eigenvalue weighted by atomic mass is 10.00. The van der Waals surface area contributed by atoms with Gasteiger partial charge in [-0.25, -0.2) is 9.97 Å². The summed E-state index contributed by atoms with van der Waals surface area (Å²) in [6.07, 6.45) is 1.94. The first kappa shape index (κ1) is 12.6. The third-order valence-electron chi connectivity index (χ3n) is 3.50. The fourth-order valence-corrected chi connectivity index (χ4v) is 2.87. The average Bonchev–Trinajstić information content (AvgIpc) is 2.46. The quantitative estimate of drug-likeness (QED) is 0.795. The smallest absolute Gasteiger partial charge is 0.133 e. The van der Waals surface area contributed by atoms with Crippen LogP contribution in [0.5, 0.6) is 0 Å².